The molecule has 19 heavy (non-hydrogen) atoms. The standard InChI is InChI=1S/C15H24N2O2/c1-5-13(10-19-4)16-12(3)15(18)17-14-8-6-11(2)7-9-14/h6-9,12-13,16H,5,10H2,1-4H3,(H,17,18). The molecule has 0 aliphatic heterocycles. The number of hydrogen-bond acceptors (Lipinski definition) is 3. The van der Waals surface area contributed by atoms with E-state index in [0.717, 1.165) is 12.1 Å². The first kappa shape index (κ1) is 15.7. The monoisotopic (exact) mass is 264 g/mol. The molecule has 2 N–H and O–H groups in total. The van der Waals surface area contributed by atoms with Gasteiger partial charge in [-0.25, -0.2) is 0 Å². The van der Waals surface area contributed by atoms with Gasteiger partial charge in [0, 0.05) is 18.8 Å². The zero-order valence-electron chi connectivity index (χ0n) is 12.2. The van der Waals surface area contributed by atoms with Crippen molar-refractivity contribution in [2.75, 3.05) is 19.0 Å². The van der Waals surface area contributed by atoms with Crippen LogP contribution in [-0.4, -0.2) is 31.7 Å². The van der Waals surface area contributed by atoms with Gasteiger partial charge in [0.05, 0.1) is 12.6 Å². The number of nitrogens with one attached hydrogen (secondary N) is 2. The lowest BCUT2D eigenvalue weighted by molar-refractivity contribution is -0.118. The minimum Gasteiger partial charge on any atom is -0.383 e. The predicted octanol–water partition coefficient (Wildman–Crippen LogP) is 2.34. The molecule has 1 amide bonds. The van der Waals surface area contributed by atoms with Crippen molar-refractivity contribution in [1.82, 2.24) is 5.32 Å². The van der Waals surface area contributed by atoms with Crippen LogP contribution >= 0.6 is 0 Å². The third-order valence-corrected chi connectivity index (χ3v) is 3.06. The van der Waals surface area contributed by atoms with Crippen molar-refractivity contribution in [3.05, 3.63) is 29.8 Å². The van der Waals surface area contributed by atoms with Crippen molar-refractivity contribution in [3.8, 4) is 0 Å². The maximum Gasteiger partial charge on any atom is 0.241 e. The Kier molecular flexibility index (Phi) is 6.53. The number of anilines is 1. The van der Waals surface area contributed by atoms with Gasteiger partial charge in [0.2, 0.25) is 5.91 Å². The number of aryl methyl sites for hydroxylation is 1. The summed E-state index contributed by atoms with van der Waals surface area (Å²) in [5, 5.41) is 6.16. The summed E-state index contributed by atoms with van der Waals surface area (Å²) in [7, 11) is 1.67. The fraction of sp³-hybridized carbons (Fsp3) is 0.533. The SMILES string of the molecule is CCC(COC)NC(C)C(=O)Nc1ccc(C)cc1. The van der Waals surface area contributed by atoms with E-state index in [-0.39, 0.29) is 18.0 Å². The van der Waals surface area contributed by atoms with Gasteiger partial charge in [-0.15, -0.1) is 0 Å². The average molecular weight is 264 g/mol. The molecule has 0 heterocycles. The highest BCUT2D eigenvalue weighted by Gasteiger charge is 2.16. The molecule has 4 heteroatoms. The third-order valence-electron chi connectivity index (χ3n) is 3.06. The summed E-state index contributed by atoms with van der Waals surface area (Å²) in [6.45, 7) is 6.56. The molecule has 0 aliphatic carbocycles. The minimum atomic E-state index is -0.249. The first-order chi connectivity index (χ1) is 9.06. The number of carbonyl (C=O) groups is 1. The van der Waals surface area contributed by atoms with Crippen LogP contribution in [-0.2, 0) is 9.53 Å². The van der Waals surface area contributed by atoms with Gasteiger partial charge in [-0.3, -0.25) is 4.79 Å². The largest absolute Gasteiger partial charge is 0.383 e. The second kappa shape index (κ2) is 7.92. The van der Waals surface area contributed by atoms with Gasteiger partial charge in [-0.1, -0.05) is 24.6 Å². The molecule has 0 aromatic heterocycles. The molecule has 1 aromatic carbocycles. The molecule has 2 unspecified atom stereocenters. The number of rotatable bonds is 7. The van der Waals surface area contributed by atoms with Crippen molar-refractivity contribution >= 4 is 11.6 Å². The summed E-state index contributed by atoms with van der Waals surface area (Å²) in [6, 6.07) is 7.73. The summed E-state index contributed by atoms with van der Waals surface area (Å²) in [6.07, 6.45) is 0.927. The molecular weight excluding hydrogens is 240 g/mol. The molecule has 0 saturated carbocycles. The normalized spacial score (nSPS) is 13.9. The fourth-order valence-corrected chi connectivity index (χ4v) is 1.80. The van der Waals surface area contributed by atoms with Crippen molar-refractivity contribution in [1.29, 1.82) is 0 Å². The van der Waals surface area contributed by atoms with Crippen LogP contribution in [0.4, 0.5) is 5.69 Å². The van der Waals surface area contributed by atoms with Crippen LogP contribution in [0, 0.1) is 6.92 Å². The summed E-state index contributed by atoms with van der Waals surface area (Å²) in [5.41, 5.74) is 2.00. The van der Waals surface area contributed by atoms with Gasteiger partial charge in [0.15, 0.2) is 0 Å². The third kappa shape index (κ3) is 5.41. The van der Waals surface area contributed by atoms with Crippen LogP contribution < -0.4 is 10.6 Å². The first-order valence-corrected chi connectivity index (χ1v) is 6.69. The van der Waals surface area contributed by atoms with E-state index < -0.39 is 0 Å². The van der Waals surface area contributed by atoms with Gasteiger partial charge < -0.3 is 15.4 Å². The van der Waals surface area contributed by atoms with Gasteiger partial charge >= 0.3 is 0 Å². The first-order valence-electron chi connectivity index (χ1n) is 6.69. The Morgan fingerprint density at radius 2 is 1.95 bits per heavy atom. The smallest absolute Gasteiger partial charge is 0.241 e. The van der Waals surface area contributed by atoms with Gasteiger partial charge in [0.25, 0.3) is 0 Å². The van der Waals surface area contributed by atoms with Crippen LogP contribution in [0.15, 0.2) is 24.3 Å². The van der Waals surface area contributed by atoms with E-state index in [9.17, 15) is 4.79 Å². The van der Waals surface area contributed by atoms with Crippen LogP contribution in [0.5, 0.6) is 0 Å². The fourth-order valence-electron chi connectivity index (χ4n) is 1.80. The van der Waals surface area contributed by atoms with E-state index in [1.54, 1.807) is 7.11 Å². The number of methoxy groups -OCH3 is 1. The molecule has 0 fully saturated rings. The quantitative estimate of drug-likeness (QED) is 0.794. The number of hydrogen-bond donors (Lipinski definition) is 2. The molecule has 106 valence electrons. The van der Waals surface area contributed by atoms with Crippen LogP contribution in [0.1, 0.15) is 25.8 Å². The van der Waals surface area contributed by atoms with Gasteiger partial charge in [-0.2, -0.15) is 0 Å². The molecule has 0 radical (unpaired) electrons. The minimum absolute atomic E-state index is 0.0293. The highest BCUT2D eigenvalue weighted by Crippen LogP contribution is 2.09. The molecule has 0 bridgehead atoms. The number of benzene rings is 1. The summed E-state index contributed by atoms with van der Waals surface area (Å²) < 4.78 is 5.11. The Balaban J connectivity index is 2.50. The lowest BCUT2D eigenvalue weighted by Gasteiger charge is -2.21. The number of carbonyl (C=O) groups excluding carboxylic acids is 1. The second-order valence-electron chi connectivity index (χ2n) is 4.80. The topological polar surface area (TPSA) is 50.4 Å². The molecule has 0 aliphatic rings. The van der Waals surface area contributed by atoms with Crippen LogP contribution in [0.3, 0.4) is 0 Å². The Morgan fingerprint density at radius 1 is 1.32 bits per heavy atom. The van der Waals surface area contributed by atoms with E-state index in [1.165, 1.54) is 5.56 Å². The number of ether oxygens (including phenoxy) is 1. The maximum atomic E-state index is 12.0. The molecule has 0 spiro atoms. The summed E-state index contributed by atoms with van der Waals surface area (Å²) >= 11 is 0. The van der Waals surface area contributed by atoms with E-state index in [2.05, 4.69) is 17.6 Å². The molecule has 1 rings (SSSR count). The van der Waals surface area contributed by atoms with E-state index in [4.69, 9.17) is 4.74 Å². The average Bonchev–Trinajstić information content (AvgIpc) is 2.40. The van der Waals surface area contributed by atoms with Crippen LogP contribution in [0.25, 0.3) is 0 Å². The molecule has 4 nitrogen and oxygen atoms in total. The Morgan fingerprint density at radius 3 is 2.47 bits per heavy atom. The molecule has 1 aromatic rings. The summed E-state index contributed by atoms with van der Waals surface area (Å²) in [4.78, 5) is 12.0. The van der Waals surface area contributed by atoms with Crippen molar-refractivity contribution in [3.63, 3.8) is 0 Å². The van der Waals surface area contributed by atoms with E-state index in [0.29, 0.717) is 6.61 Å². The Labute approximate surface area is 115 Å². The highest BCUT2D eigenvalue weighted by molar-refractivity contribution is 5.94. The highest BCUT2D eigenvalue weighted by atomic mass is 16.5. The Hall–Kier alpha value is -1.39. The second-order valence-corrected chi connectivity index (χ2v) is 4.80. The summed E-state index contributed by atoms with van der Waals surface area (Å²) in [5.74, 6) is -0.0293. The lowest BCUT2D eigenvalue weighted by Crippen LogP contribution is -2.45. The molecular formula is C15H24N2O2. The van der Waals surface area contributed by atoms with Crippen molar-refractivity contribution in [2.45, 2.75) is 39.3 Å². The zero-order valence-corrected chi connectivity index (χ0v) is 12.2. The molecule has 0 saturated heterocycles. The number of amides is 1. The van der Waals surface area contributed by atoms with Crippen molar-refractivity contribution < 1.29 is 9.53 Å². The Bertz CT molecular complexity index is 390. The van der Waals surface area contributed by atoms with Crippen molar-refractivity contribution in [2.24, 2.45) is 0 Å². The van der Waals surface area contributed by atoms with Gasteiger partial charge in [-0.05, 0) is 32.4 Å². The molecule has 2 atom stereocenters. The zero-order chi connectivity index (χ0) is 14.3. The predicted molar refractivity (Wildman–Crippen MR) is 78.4 cm³/mol. The van der Waals surface area contributed by atoms with Gasteiger partial charge in [0.1, 0.15) is 0 Å². The van der Waals surface area contributed by atoms with E-state index in [1.807, 2.05) is 38.1 Å². The maximum absolute atomic E-state index is 12.0. The lowest BCUT2D eigenvalue weighted by atomic mass is 10.2. The van der Waals surface area contributed by atoms with Crippen LogP contribution in [0.2, 0.25) is 0 Å². The van der Waals surface area contributed by atoms with E-state index >= 15 is 0 Å².